The summed E-state index contributed by atoms with van der Waals surface area (Å²) < 4.78 is 41.9. The molecule has 0 aliphatic carbocycles. The van der Waals surface area contributed by atoms with Crippen molar-refractivity contribution in [2.24, 2.45) is 0 Å². The molecular formula is C17H13F3N2O3S. The van der Waals surface area contributed by atoms with Gasteiger partial charge in [-0.3, -0.25) is 4.68 Å². The van der Waals surface area contributed by atoms with Crippen LogP contribution in [0.4, 0.5) is 13.2 Å². The summed E-state index contributed by atoms with van der Waals surface area (Å²) in [5.74, 6) is -1.23. The van der Waals surface area contributed by atoms with Crippen molar-refractivity contribution in [2.45, 2.75) is 19.3 Å². The third-order valence-corrected chi connectivity index (χ3v) is 4.59. The predicted octanol–water partition coefficient (Wildman–Crippen LogP) is 4.45. The highest BCUT2D eigenvalue weighted by atomic mass is 32.1. The largest absolute Gasteiger partial charge is 0.573 e. The number of carboxylic acids is 1. The monoisotopic (exact) mass is 382 g/mol. The third-order valence-electron chi connectivity index (χ3n) is 3.50. The smallest absolute Gasteiger partial charge is 0.477 e. The highest BCUT2D eigenvalue weighted by molar-refractivity contribution is 7.17. The summed E-state index contributed by atoms with van der Waals surface area (Å²) in [4.78, 5) is 11.9. The average molecular weight is 382 g/mol. The Morgan fingerprint density at radius 2 is 1.88 bits per heavy atom. The molecule has 2 heterocycles. The van der Waals surface area contributed by atoms with Crippen LogP contribution in [0.1, 0.15) is 15.2 Å². The SMILES string of the molecule is O=C(O)c1ccc(-c2ccn(CCc3ccc(OC(F)(F)F)cc3)n2)s1. The number of aryl methyl sites for hydroxylation is 2. The molecule has 3 aromatic rings. The molecule has 2 aromatic heterocycles. The molecule has 0 spiro atoms. The molecular weight excluding hydrogens is 369 g/mol. The number of thiophene rings is 1. The van der Waals surface area contributed by atoms with Crippen molar-refractivity contribution in [3.05, 3.63) is 59.1 Å². The Morgan fingerprint density at radius 3 is 2.50 bits per heavy atom. The van der Waals surface area contributed by atoms with Crippen LogP contribution in [0.15, 0.2) is 48.7 Å². The molecule has 5 nitrogen and oxygen atoms in total. The Balaban J connectivity index is 1.60. The second-order valence-electron chi connectivity index (χ2n) is 5.37. The molecule has 0 saturated carbocycles. The highest BCUT2D eigenvalue weighted by Crippen LogP contribution is 2.27. The van der Waals surface area contributed by atoms with Crippen LogP contribution in [0.5, 0.6) is 5.75 Å². The highest BCUT2D eigenvalue weighted by Gasteiger charge is 2.30. The molecule has 0 aliphatic heterocycles. The number of benzene rings is 1. The summed E-state index contributed by atoms with van der Waals surface area (Å²) in [7, 11) is 0. The van der Waals surface area contributed by atoms with E-state index in [-0.39, 0.29) is 10.6 Å². The van der Waals surface area contributed by atoms with E-state index in [1.54, 1.807) is 35.1 Å². The fourth-order valence-corrected chi connectivity index (χ4v) is 3.12. The fourth-order valence-electron chi connectivity index (χ4n) is 2.31. The normalized spacial score (nSPS) is 11.5. The molecule has 0 bridgehead atoms. The Labute approximate surface area is 150 Å². The molecule has 1 aromatic carbocycles. The molecule has 0 aliphatic rings. The van der Waals surface area contributed by atoms with Gasteiger partial charge in [0.05, 0.1) is 4.88 Å². The fraction of sp³-hybridized carbons (Fsp3) is 0.176. The van der Waals surface area contributed by atoms with Crippen LogP contribution in [-0.4, -0.2) is 27.2 Å². The quantitative estimate of drug-likeness (QED) is 0.684. The first kappa shape index (κ1) is 18.0. The van der Waals surface area contributed by atoms with Crippen LogP contribution in [0.3, 0.4) is 0 Å². The number of ether oxygens (including phenoxy) is 1. The van der Waals surface area contributed by atoms with Crippen molar-refractivity contribution in [3.8, 4) is 16.3 Å². The molecule has 26 heavy (non-hydrogen) atoms. The van der Waals surface area contributed by atoms with E-state index in [0.717, 1.165) is 21.8 Å². The number of alkyl halides is 3. The van der Waals surface area contributed by atoms with E-state index in [2.05, 4.69) is 9.84 Å². The summed E-state index contributed by atoms with van der Waals surface area (Å²) >= 11 is 1.15. The summed E-state index contributed by atoms with van der Waals surface area (Å²) in [5, 5.41) is 13.4. The van der Waals surface area contributed by atoms with E-state index < -0.39 is 12.3 Å². The van der Waals surface area contributed by atoms with Gasteiger partial charge in [-0.15, -0.1) is 24.5 Å². The van der Waals surface area contributed by atoms with Gasteiger partial charge in [-0.1, -0.05) is 12.1 Å². The predicted molar refractivity (Wildman–Crippen MR) is 89.3 cm³/mol. The molecule has 0 saturated heterocycles. The van der Waals surface area contributed by atoms with E-state index in [4.69, 9.17) is 5.11 Å². The van der Waals surface area contributed by atoms with Gasteiger partial charge in [-0.05, 0) is 42.3 Å². The van der Waals surface area contributed by atoms with Gasteiger partial charge in [0, 0.05) is 12.7 Å². The molecule has 9 heteroatoms. The maximum absolute atomic E-state index is 12.1. The zero-order valence-corrected chi connectivity index (χ0v) is 14.0. The molecule has 3 rings (SSSR count). The van der Waals surface area contributed by atoms with E-state index >= 15 is 0 Å². The second kappa shape index (κ2) is 7.20. The van der Waals surface area contributed by atoms with Crippen LogP contribution in [-0.2, 0) is 13.0 Å². The first-order valence-corrected chi connectivity index (χ1v) is 8.33. The zero-order valence-electron chi connectivity index (χ0n) is 13.2. The summed E-state index contributed by atoms with van der Waals surface area (Å²) in [6, 6.07) is 10.7. The van der Waals surface area contributed by atoms with Gasteiger partial charge < -0.3 is 9.84 Å². The zero-order chi connectivity index (χ0) is 18.7. The molecule has 0 fully saturated rings. The minimum absolute atomic E-state index is 0.246. The Kier molecular flexibility index (Phi) is 4.99. The number of rotatable bonds is 6. The standard InChI is InChI=1S/C17H13F3N2O3S/c18-17(19,20)25-12-3-1-11(2-4-12)7-9-22-10-8-13(21-22)14-5-6-15(26-14)16(23)24/h1-6,8,10H,7,9H2,(H,23,24). The Bertz CT molecular complexity index is 901. The Morgan fingerprint density at radius 1 is 1.15 bits per heavy atom. The number of carbonyl (C=O) groups is 1. The van der Waals surface area contributed by atoms with E-state index in [9.17, 15) is 18.0 Å². The molecule has 1 N–H and O–H groups in total. The summed E-state index contributed by atoms with van der Waals surface area (Å²) in [6.07, 6.45) is -2.34. The molecule has 0 radical (unpaired) electrons. The molecule has 0 atom stereocenters. The van der Waals surface area contributed by atoms with E-state index in [1.807, 2.05) is 0 Å². The van der Waals surface area contributed by atoms with Crippen LogP contribution >= 0.6 is 11.3 Å². The third kappa shape index (κ3) is 4.63. The van der Waals surface area contributed by atoms with Gasteiger partial charge in [-0.2, -0.15) is 5.10 Å². The van der Waals surface area contributed by atoms with Gasteiger partial charge in [0.15, 0.2) is 0 Å². The summed E-state index contributed by atoms with van der Waals surface area (Å²) in [5.41, 5.74) is 1.53. The van der Waals surface area contributed by atoms with Gasteiger partial charge in [0.25, 0.3) is 0 Å². The topological polar surface area (TPSA) is 64.3 Å². The van der Waals surface area contributed by atoms with Crippen LogP contribution in [0.25, 0.3) is 10.6 Å². The lowest BCUT2D eigenvalue weighted by molar-refractivity contribution is -0.274. The number of carboxylic acid groups (broad SMARTS) is 1. The van der Waals surface area contributed by atoms with Crippen LogP contribution in [0.2, 0.25) is 0 Å². The van der Waals surface area contributed by atoms with Crippen molar-refractivity contribution >= 4 is 17.3 Å². The average Bonchev–Trinajstić information content (AvgIpc) is 3.22. The maximum Gasteiger partial charge on any atom is 0.573 e. The van der Waals surface area contributed by atoms with Crippen molar-refractivity contribution in [3.63, 3.8) is 0 Å². The number of halogens is 3. The van der Waals surface area contributed by atoms with Gasteiger partial charge in [-0.25, -0.2) is 4.79 Å². The van der Waals surface area contributed by atoms with Crippen molar-refractivity contribution in [1.82, 2.24) is 9.78 Å². The van der Waals surface area contributed by atoms with E-state index in [0.29, 0.717) is 18.7 Å². The van der Waals surface area contributed by atoms with Crippen LogP contribution in [0, 0.1) is 0 Å². The Hall–Kier alpha value is -2.81. The maximum atomic E-state index is 12.1. The number of hydrogen-bond donors (Lipinski definition) is 1. The van der Waals surface area contributed by atoms with Gasteiger partial charge in [0.2, 0.25) is 0 Å². The van der Waals surface area contributed by atoms with Gasteiger partial charge in [0.1, 0.15) is 16.3 Å². The van der Waals surface area contributed by atoms with E-state index in [1.165, 1.54) is 18.2 Å². The summed E-state index contributed by atoms with van der Waals surface area (Å²) in [6.45, 7) is 0.538. The molecule has 0 amide bonds. The lowest BCUT2D eigenvalue weighted by atomic mass is 10.1. The molecule has 0 unspecified atom stereocenters. The number of nitrogens with zero attached hydrogens (tertiary/aromatic N) is 2. The minimum Gasteiger partial charge on any atom is -0.477 e. The molecule has 136 valence electrons. The number of hydrogen-bond acceptors (Lipinski definition) is 4. The van der Waals surface area contributed by atoms with Crippen LogP contribution < -0.4 is 4.74 Å². The van der Waals surface area contributed by atoms with Gasteiger partial charge >= 0.3 is 12.3 Å². The first-order chi connectivity index (χ1) is 12.3. The second-order valence-corrected chi connectivity index (χ2v) is 6.46. The van der Waals surface area contributed by atoms with Crippen molar-refractivity contribution in [1.29, 1.82) is 0 Å². The number of aromatic nitrogens is 2. The number of aromatic carboxylic acids is 1. The first-order valence-electron chi connectivity index (χ1n) is 7.52. The van der Waals surface area contributed by atoms with Crippen molar-refractivity contribution in [2.75, 3.05) is 0 Å². The lowest BCUT2D eigenvalue weighted by Gasteiger charge is -2.09. The lowest BCUT2D eigenvalue weighted by Crippen LogP contribution is -2.17. The van der Waals surface area contributed by atoms with Crippen molar-refractivity contribution < 1.29 is 27.8 Å². The minimum atomic E-state index is -4.70.